The van der Waals surface area contributed by atoms with Crippen LogP contribution in [-0.2, 0) is 40.8 Å². The van der Waals surface area contributed by atoms with Gasteiger partial charge < -0.3 is 9.30 Å². The van der Waals surface area contributed by atoms with E-state index in [0.29, 0.717) is 29.9 Å². The predicted molar refractivity (Wildman–Crippen MR) is 129 cm³/mol. The smallest absolute Gasteiger partial charge is 0.421 e. The summed E-state index contributed by atoms with van der Waals surface area (Å²) in [6, 6.07) is 9.24. The first-order valence-electron chi connectivity index (χ1n) is 10.9. The lowest BCUT2D eigenvalue weighted by Crippen LogP contribution is -2.31. The number of nitrogens with one attached hydrogen (secondary N) is 1. The molecule has 0 aliphatic heterocycles. The third kappa shape index (κ3) is 5.72. The number of amides is 1. The first-order valence-corrected chi connectivity index (χ1v) is 12.8. The van der Waals surface area contributed by atoms with Gasteiger partial charge in [-0.25, -0.2) is 19.5 Å². The quantitative estimate of drug-likeness (QED) is 0.356. The predicted octanol–water partition coefficient (Wildman–Crippen LogP) is 4.65. The molecule has 0 aliphatic rings. The summed E-state index contributed by atoms with van der Waals surface area (Å²) in [4.78, 5) is 19.9. The van der Waals surface area contributed by atoms with Gasteiger partial charge in [0.1, 0.15) is 5.82 Å². The van der Waals surface area contributed by atoms with Crippen molar-refractivity contribution in [3.8, 4) is 5.69 Å². The summed E-state index contributed by atoms with van der Waals surface area (Å²) in [5, 5.41) is -0.724. The number of nitrogens with zero attached hydrogens (tertiary/aromatic N) is 4. The molecule has 1 N–H and O–H groups in total. The number of benzene rings is 2. The van der Waals surface area contributed by atoms with Crippen molar-refractivity contribution < 1.29 is 31.1 Å². The van der Waals surface area contributed by atoms with Gasteiger partial charge in [-0.1, -0.05) is 30.7 Å². The summed E-state index contributed by atoms with van der Waals surface area (Å²) in [6.07, 6.45) is -2.43. The largest absolute Gasteiger partial charge is 0.448 e. The second kappa shape index (κ2) is 10.1. The molecule has 0 fully saturated rings. The molecule has 196 valence electrons. The summed E-state index contributed by atoms with van der Waals surface area (Å²) >= 11 is 5.93. The van der Waals surface area contributed by atoms with Crippen molar-refractivity contribution in [2.24, 2.45) is 7.05 Å². The highest BCUT2D eigenvalue weighted by molar-refractivity contribution is 7.90. The van der Waals surface area contributed by atoms with E-state index in [1.165, 1.54) is 23.2 Å². The van der Waals surface area contributed by atoms with Crippen LogP contribution in [0.25, 0.3) is 16.7 Å². The Labute approximate surface area is 214 Å². The summed E-state index contributed by atoms with van der Waals surface area (Å²) in [5.41, 5.74) is 1.12. The van der Waals surface area contributed by atoms with E-state index in [2.05, 4.69) is 9.97 Å². The molecule has 2 aromatic heterocycles. The molecule has 0 bridgehead atoms. The molecule has 0 radical (unpaired) electrons. The minimum atomic E-state index is -4.59. The van der Waals surface area contributed by atoms with E-state index < -0.39 is 32.9 Å². The van der Waals surface area contributed by atoms with Crippen molar-refractivity contribution in [3.63, 3.8) is 0 Å². The van der Waals surface area contributed by atoms with Crippen LogP contribution in [0.4, 0.5) is 18.0 Å². The molecule has 14 heteroatoms. The van der Waals surface area contributed by atoms with E-state index >= 15 is 0 Å². The van der Waals surface area contributed by atoms with Crippen LogP contribution in [-0.4, -0.2) is 40.2 Å². The Morgan fingerprint density at radius 1 is 1.19 bits per heavy atom. The van der Waals surface area contributed by atoms with Gasteiger partial charge in [0, 0.05) is 31.8 Å². The van der Waals surface area contributed by atoms with Gasteiger partial charge in [0.2, 0.25) is 0 Å². The Bertz CT molecular complexity index is 1560. The van der Waals surface area contributed by atoms with Crippen LogP contribution in [0, 0.1) is 0 Å². The molecule has 2 heterocycles. The molecule has 37 heavy (non-hydrogen) atoms. The van der Waals surface area contributed by atoms with Crippen molar-refractivity contribution in [2.75, 3.05) is 6.61 Å². The number of fused-ring (bicyclic) bond motifs is 1. The van der Waals surface area contributed by atoms with Gasteiger partial charge in [-0.05, 0) is 29.8 Å². The molecular weight excluding hydrogens is 535 g/mol. The van der Waals surface area contributed by atoms with Crippen LogP contribution in [0.5, 0.6) is 0 Å². The molecule has 9 nitrogen and oxygen atoms in total. The minimum absolute atomic E-state index is 0.0903. The Morgan fingerprint density at radius 3 is 2.49 bits per heavy atom. The van der Waals surface area contributed by atoms with Crippen molar-refractivity contribution in [1.82, 2.24) is 23.8 Å². The van der Waals surface area contributed by atoms with Gasteiger partial charge in [0.15, 0.2) is 5.03 Å². The van der Waals surface area contributed by atoms with Crippen molar-refractivity contribution in [3.05, 3.63) is 70.9 Å². The maximum atomic E-state index is 13.3. The van der Waals surface area contributed by atoms with Crippen molar-refractivity contribution in [2.45, 2.75) is 31.0 Å². The minimum Gasteiger partial charge on any atom is -0.448 e. The fraction of sp³-hybridized carbons (Fsp3) is 0.261. The molecule has 4 rings (SSSR count). The SMILES string of the molecule is CCc1nc2cc(C(F)(F)F)c(Cl)cc2n1-c1ccc(CCOC(=O)NS(=O)(=O)c2cn(C)cn2)cc1. The molecule has 0 unspecified atom stereocenters. The number of hydrogen-bond acceptors (Lipinski definition) is 6. The van der Waals surface area contributed by atoms with Crippen LogP contribution in [0.15, 0.2) is 53.9 Å². The van der Waals surface area contributed by atoms with Crippen molar-refractivity contribution in [1.29, 1.82) is 0 Å². The summed E-state index contributed by atoms with van der Waals surface area (Å²) < 4.78 is 73.9. The average Bonchev–Trinajstić information content (AvgIpc) is 3.41. The number of carbonyl (C=O) groups excluding carboxylic acids is 1. The van der Waals surface area contributed by atoms with E-state index in [1.807, 2.05) is 6.92 Å². The standard InChI is InChI=1S/C23H21ClF3N5O4S/c1-3-20-29-18-10-16(23(25,26)27)17(24)11-19(18)32(20)15-6-4-14(5-7-15)8-9-36-22(33)30-37(34,35)21-12-31(2)13-28-21/h4-7,10-13H,3,8-9H2,1-2H3,(H,30,33). The van der Waals surface area contributed by atoms with Crippen LogP contribution < -0.4 is 4.72 Å². The van der Waals surface area contributed by atoms with E-state index in [0.717, 1.165) is 11.6 Å². The zero-order valence-electron chi connectivity index (χ0n) is 19.6. The van der Waals surface area contributed by atoms with E-state index in [1.54, 1.807) is 40.6 Å². The zero-order chi connectivity index (χ0) is 27.0. The van der Waals surface area contributed by atoms with Crippen molar-refractivity contribution >= 4 is 38.8 Å². The van der Waals surface area contributed by atoms with E-state index in [-0.39, 0.29) is 17.1 Å². The first kappa shape index (κ1) is 26.5. The molecule has 4 aromatic rings. The van der Waals surface area contributed by atoms with Gasteiger partial charge in [0.05, 0.1) is 34.6 Å². The number of ether oxygens (including phenoxy) is 1. The van der Waals surface area contributed by atoms with E-state index in [9.17, 15) is 26.4 Å². The maximum absolute atomic E-state index is 13.3. The fourth-order valence-electron chi connectivity index (χ4n) is 3.68. The Balaban J connectivity index is 1.45. The normalized spacial score (nSPS) is 12.2. The second-order valence-electron chi connectivity index (χ2n) is 8.07. The van der Waals surface area contributed by atoms with Gasteiger partial charge in [0.25, 0.3) is 10.0 Å². The Kier molecular flexibility index (Phi) is 7.20. The molecule has 0 atom stereocenters. The third-order valence-electron chi connectivity index (χ3n) is 5.43. The molecule has 2 aromatic carbocycles. The lowest BCUT2D eigenvalue weighted by molar-refractivity contribution is -0.137. The Hall–Kier alpha value is -3.58. The van der Waals surface area contributed by atoms with Crippen LogP contribution in [0.1, 0.15) is 23.9 Å². The van der Waals surface area contributed by atoms with Gasteiger partial charge >= 0.3 is 12.3 Å². The summed E-state index contributed by atoms with van der Waals surface area (Å²) in [6.45, 7) is 1.75. The summed E-state index contributed by atoms with van der Waals surface area (Å²) in [5.74, 6) is 0.562. The number of aromatic nitrogens is 4. The highest BCUT2D eigenvalue weighted by atomic mass is 35.5. The number of alkyl halides is 3. The topological polar surface area (TPSA) is 108 Å². The molecule has 1 amide bonds. The van der Waals surface area contributed by atoms with Crippen LogP contribution in [0.2, 0.25) is 5.02 Å². The molecular formula is C23H21ClF3N5O4S. The highest BCUT2D eigenvalue weighted by Crippen LogP contribution is 2.37. The second-order valence-corrected chi connectivity index (χ2v) is 10.1. The number of rotatable bonds is 7. The average molecular weight is 556 g/mol. The maximum Gasteiger partial charge on any atom is 0.421 e. The van der Waals surface area contributed by atoms with Gasteiger partial charge in [-0.2, -0.15) is 21.6 Å². The van der Waals surface area contributed by atoms with Crippen LogP contribution >= 0.6 is 11.6 Å². The van der Waals surface area contributed by atoms with Gasteiger partial charge in [-0.3, -0.25) is 4.57 Å². The Morgan fingerprint density at radius 2 is 1.89 bits per heavy atom. The molecule has 0 saturated carbocycles. The summed E-state index contributed by atoms with van der Waals surface area (Å²) in [7, 11) is -2.55. The highest BCUT2D eigenvalue weighted by Gasteiger charge is 2.34. The number of sulfonamides is 1. The van der Waals surface area contributed by atoms with Gasteiger partial charge in [-0.15, -0.1) is 0 Å². The molecule has 0 saturated heterocycles. The number of imidazole rings is 2. The fourth-order valence-corrected chi connectivity index (χ4v) is 4.82. The lowest BCUT2D eigenvalue weighted by atomic mass is 10.1. The number of halogens is 4. The third-order valence-corrected chi connectivity index (χ3v) is 6.94. The zero-order valence-corrected chi connectivity index (χ0v) is 21.2. The monoisotopic (exact) mass is 555 g/mol. The van der Waals surface area contributed by atoms with Crippen LogP contribution in [0.3, 0.4) is 0 Å². The number of hydrogen-bond donors (Lipinski definition) is 1. The van der Waals surface area contributed by atoms with E-state index in [4.69, 9.17) is 16.3 Å². The molecule has 0 spiro atoms. The molecule has 0 aliphatic carbocycles. The number of aryl methyl sites for hydroxylation is 2. The first-order chi connectivity index (χ1) is 17.4. The number of carbonyl (C=O) groups is 1. The lowest BCUT2D eigenvalue weighted by Gasteiger charge is -2.12.